The molecule has 1 amide bonds. The molecule has 1 N–H and O–H groups in total. The first-order valence-corrected chi connectivity index (χ1v) is 8.64. The molecule has 0 unspecified atom stereocenters. The van der Waals surface area contributed by atoms with Crippen molar-refractivity contribution in [2.45, 2.75) is 43.1 Å². The molecule has 0 radical (unpaired) electrons. The normalized spacial score (nSPS) is 15.4. The van der Waals surface area contributed by atoms with Crippen molar-refractivity contribution in [1.29, 1.82) is 0 Å². The van der Waals surface area contributed by atoms with E-state index in [0.29, 0.717) is 29.1 Å². The van der Waals surface area contributed by atoms with Gasteiger partial charge in [0.15, 0.2) is 11.0 Å². The Morgan fingerprint density at radius 1 is 1.43 bits per heavy atom. The quantitative estimate of drug-likeness (QED) is 0.825. The van der Waals surface area contributed by atoms with Gasteiger partial charge < -0.3 is 5.32 Å². The van der Waals surface area contributed by atoms with Gasteiger partial charge in [0.2, 0.25) is 5.91 Å². The van der Waals surface area contributed by atoms with Crippen LogP contribution in [0.4, 0.5) is 4.39 Å². The second kappa shape index (κ2) is 6.70. The summed E-state index contributed by atoms with van der Waals surface area (Å²) in [5.41, 5.74) is 0.449. The largest absolute Gasteiger partial charge is 0.355 e. The standard InChI is InChI=1S/C16H19FN4OS/c1-3-18-15(22)10(2)23-16-20-19-14(21(16)11-8-9-11)12-6-4-5-7-13(12)17/h4-7,10-11H,3,8-9H2,1-2H3,(H,18,22)/t10-/m1/s1. The Balaban J connectivity index is 1.91. The number of hydrogen-bond donors (Lipinski definition) is 1. The topological polar surface area (TPSA) is 59.8 Å². The molecular formula is C16H19FN4OS. The number of carbonyl (C=O) groups excluding carboxylic acids is 1. The zero-order valence-electron chi connectivity index (χ0n) is 13.1. The molecule has 1 fully saturated rings. The molecular weight excluding hydrogens is 315 g/mol. The van der Waals surface area contributed by atoms with Crippen LogP contribution in [0.15, 0.2) is 29.4 Å². The smallest absolute Gasteiger partial charge is 0.233 e. The molecule has 2 aromatic rings. The van der Waals surface area contributed by atoms with Crippen molar-refractivity contribution in [3.63, 3.8) is 0 Å². The van der Waals surface area contributed by atoms with Crippen LogP contribution in [0, 0.1) is 5.82 Å². The average molecular weight is 334 g/mol. The predicted octanol–water partition coefficient (Wildman–Crippen LogP) is 3.04. The number of halogens is 1. The number of nitrogens with zero attached hydrogens (tertiary/aromatic N) is 3. The van der Waals surface area contributed by atoms with E-state index in [2.05, 4.69) is 15.5 Å². The maximum Gasteiger partial charge on any atom is 0.233 e. The molecule has 1 aliphatic rings. The molecule has 1 aromatic heterocycles. The molecule has 1 atom stereocenters. The van der Waals surface area contributed by atoms with Gasteiger partial charge in [-0.25, -0.2) is 4.39 Å². The van der Waals surface area contributed by atoms with Crippen molar-refractivity contribution < 1.29 is 9.18 Å². The summed E-state index contributed by atoms with van der Waals surface area (Å²) in [6.45, 7) is 4.32. The SMILES string of the molecule is CCNC(=O)[C@@H](C)Sc1nnc(-c2ccccc2F)n1C1CC1. The summed E-state index contributed by atoms with van der Waals surface area (Å²) in [4.78, 5) is 11.9. The van der Waals surface area contributed by atoms with E-state index in [1.54, 1.807) is 18.2 Å². The molecule has 1 aromatic carbocycles. The fraction of sp³-hybridized carbons (Fsp3) is 0.438. The molecule has 122 valence electrons. The van der Waals surface area contributed by atoms with E-state index in [1.165, 1.54) is 17.8 Å². The molecule has 5 nitrogen and oxygen atoms in total. The van der Waals surface area contributed by atoms with Gasteiger partial charge in [-0.2, -0.15) is 0 Å². The zero-order chi connectivity index (χ0) is 16.4. The van der Waals surface area contributed by atoms with Crippen LogP contribution in [-0.2, 0) is 4.79 Å². The first-order valence-electron chi connectivity index (χ1n) is 7.76. The van der Waals surface area contributed by atoms with E-state index in [0.717, 1.165) is 12.8 Å². The Kier molecular flexibility index (Phi) is 4.66. The van der Waals surface area contributed by atoms with Crippen molar-refractivity contribution in [3.05, 3.63) is 30.1 Å². The Morgan fingerprint density at radius 2 is 2.17 bits per heavy atom. The van der Waals surface area contributed by atoms with Gasteiger partial charge in [0.1, 0.15) is 5.82 Å². The van der Waals surface area contributed by atoms with Crippen molar-refractivity contribution in [2.75, 3.05) is 6.54 Å². The van der Waals surface area contributed by atoms with Gasteiger partial charge in [-0.1, -0.05) is 23.9 Å². The monoisotopic (exact) mass is 334 g/mol. The zero-order valence-corrected chi connectivity index (χ0v) is 13.9. The van der Waals surface area contributed by atoms with Gasteiger partial charge in [0.25, 0.3) is 0 Å². The van der Waals surface area contributed by atoms with Crippen LogP contribution in [0.3, 0.4) is 0 Å². The Morgan fingerprint density at radius 3 is 2.83 bits per heavy atom. The summed E-state index contributed by atoms with van der Waals surface area (Å²) in [5, 5.41) is 11.6. The van der Waals surface area contributed by atoms with Crippen molar-refractivity contribution in [3.8, 4) is 11.4 Å². The molecule has 0 aliphatic heterocycles. The highest BCUT2D eigenvalue weighted by atomic mass is 32.2. The van der Waals surface area contributed by atoms with Crippen LogP contribution in [-0.4, -0.2) is 32.5 Å². The van der Waals surface area contributed by atoms with Gasteiger partial charge in [0.05, 0.1) is 10.8 Å². The molecule has 23 heavy (non-hydrogen) atoms. The first kappa shape index (κ1) is 16.0. The molecule has 0 bridgehead atoms. The third kappa shape index (κ3) is 3.39. The summed E-state index contributed by atoms with van der Waals surface area (Å²) in [5.74, 6) is 0.196. The highest BCUT2D eigenvalue weighted by Gasteiger charge is 2.32. The first-order chi connectivity index (χ1) is 11.1. The summed E-state index contributed by atoms with van der Waals surface area (Å²) in [6, 6.07) is 6.87. The third-order valence-electron chi connectivity index (χ3n) is 3.69. The van der Waals surface area contributed by atoms with Crippen LogP contribution < -0.4 is 5.32 Å². The number of carbonyl (C=O) groups is 1. The minimum Gasteiger partial charge on any atom is -0.355 e. The van der Waals surface area contributed by atoms with Gasteiger partial charge in [-0.15, -0.1) is 10.2 Å². The van der Waals surface area contributed by atoms with Gasteiger partial charge in [-0.05, 0) is 38.8 Å². The van der Waals surface area contributed by atoms with Gasteiger partial charge >= 0.3 is 0 Å². The summed E-state index contributed by atoms with van der Waals surface area (Å²) >= 11 is 1.36. The number of amides is 1. The fourth-order valence-corrected chi connectivity index (χ4v) is 3.32. The predicted molar refractivity (Wildman–Crippen MR) is 87.7 cm³/mol. The fourth-order valence-electron chi connectivity index (χ4n) is 2.38. The lowest BCUT2D eigenvalue weighted by molar-refractivity contribution is -0.120. The maximum atomic E-state index is 14.1. The summed E-state index contributed by atoms with van der Waals surface area (Å²) < 4.78 is 16.1. The van der Waals surface area contributed by atoms with Crippen LogP contribution in [0.1, 0.15) is 32.7 Å². The maximum absolute atomic E-state index is 14.1. The van der Waals surface area contributed by atoms with Crippen LogP contribution in [0.2, 0.25) is 0 Å². The minimum absolute atomic E-state index is 0.0321. The highest BCUT2D eigenvalue weighted by molar-refractivity contribution is 8.00. The van der Waals surface area contributed by atoms with E-state index >= 15 is 0 Å². The van der Waals surface area contributed by atoms with Crippen LogP contribution in [0.25, 0.3) is 11.4 Å². The van der Waals surface area contributed by atoms with Crippen molar-refractivity contribution >= 4 is 17.7 Å². The second-order valence-corrected chi connectivity index (χ2v) is 6.85. The average Bonchev–Trinajstić information content (AvgIpc) is 3.29. The van der Waals surface area contributed by atoms with E-state index < -0.39 is 0 Å². The Labute approximate surface area is 138 Å². The lowest BCUT2D eigenvalue weighted by Gasteiger charge is -2.12. The van der Waals surface area contributed by atoms with Crippen molar-refractivity contribution in [2.24, 2.45) is 0 Å². The lowest BCUT2D eigenvalue weighted by Crippen LogP contribution is -2.30. The number of benzene rings is 1. The number of rotatable bonds is 6. The highest BCUT2D eigenvalue weighted by Crippen LogP contribution is 2.42. The van der Waals surface area contributed by atoms with E-state index in [9.17, 15) is 9.18 Å². The number of hydrogen-bond acceptors (Lipinski definition) is 4. The summed E-state index contributed by atoms with van der Waals surface area (Å²) in [7, 11) is 0. The number of aromatic nitrogens is 3. The van der Waals surface area contributed by atoms with Crippen LogP contribution >= 0.6 is 11.8 Å². The molecule has 1 aliphatic carbocycles. The van der Waals surface area contributed by atoms with Gasteiger partial charge in [0, 0.05) is 12.6 Å². The van der Waals surface area contributed by atoms with Crippen LogP contribution in [0.5, 0.6) is 0 Å². The number of thioether (sulfide) groups is 1. The minimum atomic E-state index is -0.310. The lowest BCUT2D eigenvalue weighted by atomic mass is 10.2. The Hall–Kier alpha value is -1.89. The molecule has 0 spiro atoms. The van der Waals surface area contributed by atoms with Gasteiger partial charge in [-0.3, -0.25) is 9.36 Å². The third-order valence-corrected chi connectivity index (χ3v) is 4.75. The number of nitrogens with one attached hydrogen (secondary N) is 1. The van der Waals surface area contributed by atoms with Crippen molar-refractivity contribution in [1.82, 2.24) is 20.1 Å². The summed E-state index contributed by atoms with van der Waals surface area (Å²) in [6.07, 6.45) is 2.06. The van der Waals surface area contributed by atoms with E-state index in [1.807, 2.05) is 18.4 Å². The molecule has 1 saturated carbocycles. The molecule has 1 heterocycles. The molecule has 0 saturated heterocycles. The Bertz CT molecular complexity index is 714. The van der Waals surface area contributed by atoms with E-state index in [-0.39, 0.29) is 17.0 Å². The van der Waals surface area contributed by atoms with E-state index in [4.69, 9.17) is 0 Å². The molecule has 3 rings (SSSR count). The second-order valence-electron chi connectivity index (χ2n) is 5.54. The molecule has 7 heteroatoms.